The maximum absolute atomic E-state index is 13.4. The fourth-order valence-corrected chi connectivity index (χ4v) is 3.51. The van der Waals surface area contributed by atoms with Crippen molar-refractivity contribution in [2.75, 3.05) is 20.2 Å². The van der Waals surface area contributed by atoms with Crippen LogP contribution < -0.4 is 0 Å². The van der Waals surface area contributed by atoms with Crippen LogP contribution >= 0.6 is 0 Å². The van der Waals surface area contributed by atoms with Crippen LogP contribution in [0.25, 0.3) is 0 Å². The van der Waals surface area contributed by atoms with E-state index in [1.165, 1.54) is 11.6 Å². The zero-order chi connectivity index (χ0) is 16.2. The summed E-state index contributed by atoms with van der Waals surface area (Å²) in [6.07, 6.45) is 6.08. The number of aryl methyl sites for hydroxylation is 1. The van der Waals surface area contributed by atoms with Crippen LogP contribution in [-0.2, 0) is 24.8 Å². The number of hydrogen-bond acceptors (Lipinski definition) is 3. The second-order valence-electron chi connectivity index (χ2n) is 6.41. The van der Waals surface area contributed by atoms with Gasteiger partial charge in [-0.05, 0) is 30.5 Å². The highest BCUT2D eigenvalue weighted by molar-refractivity contribution is 5.17. The molecule has 0 radical (unpaired) electrons. The number of ether oxygens (including phenoxy) is 1. The lowest BCUT2D eigenvalue weighted by molar-refractivity contribution is -0.00850. The third-order valence-electron chi connectivity index (χ3n) is 4.60. The van der Waals surface area contributed by atoms with Crippen LogP contribution in [0.4, 0.5) is 4.39 Å². The quantitative estimate of drug-likeness (QED) is 0.849. The lowest BCUT2D eigenvalue weighted by Gasteiger charge is -2.38. The fourth-order valence-electron chi connectivity index (χ4n) is 3.51. The lowest BCUT2D eigenvalue weighted by atomic mass is 9.88. The molecule has 4 nitrogen and oxygen atoms in total. The topological polar surface area (TPSA) is 30.3 Å². The largest absolute Gasteiger partial charge is 0.381 e. The first-order valence-electron chi connectivity index (χ1n) is 8.11. The summed E-state index contributed by atoms with van der Waals surface area (Å²) in [6, 6.07) is 6.90. The smallest absolute Gasteiger partial charge is 0.123 e. The zero-order valence-corrected chi connectivity index (χ0v) is 13.8. The van der Waals surface area contributed by atoms with Crippen molar-refractivity contribution in [3.05, 3.63) is 53.6 Å². The standard InChI is InChI=1S/C18H24FN3O/c1-21-11-15(10-20-21)12-22-7-6-18(23-2)16(13-22)8-14-4-3-5-17(19)9-14/h3-5,9-11,16,18H,6-8,12-13H2,1-2H3/t16-,18-/m1/s1. The highest BCUT2D eigenvalue weighted by Gasteiger charge is 2.29. The summed E-state index contributed by atoms with van der Waals surface area (Å²) in [4.78, 5) is 2.44. The molecule has 1 aromatic carbocycles. The summed E-state index contributed by atoms with van der Waals surface area (Å²) >= 11 is 0. The number of halogens is 1. The summed E-state index contributed by atoms with van der Waals surface area (Å²) in [5, 5.41) is 4.23. The molecule has 0 spiro atoms. The minimum atomic E-state index is -0.167. The highest BCUT2D eigenvalue weighted by atomic mass is 19.1. The van der Waals surface area contributed by atoms with E-state index < -0.39 is 0 Å². The Morgan fingerprint density at radius 1 is 1.35 bits per heavy atom. The zero-order valence-electron chi connectivity index (χ0n) is 13.8. The molecule has 1 saturated heterocycles. The van der Waals surface area contributed by atoms with Gasteiger partial charge in [0.15, 0.2) is 0 Å². The number of likely N-dealkylation sites (tertiary alicyclic amines) is 1. The van der Waals surface area contributed by atoms with E-state index in [0.717, 1.165) is 38.0 Å². The second kappa shape index (κ2) is 7.23. The molecule has 1 aromatic heterocycles. The van der Waals surface area contributed by atoms with Gasteiger partial charge in [-0.3, -0.25) is 9.58 Å². The van der Waals surface area contributed by atoms with Gasteiger partial charge in [-0.15, -0.1) is 0 Å². The monoisotopic (exact) mass is 317 g/mol. The molecule has 2 atom stereocenters. The maximum Gasteiger partial charge on any atom is 0.123 e. The first-order chi connectivity index (χ1) is 11.1. The van der Waals surface area contributed by atoms with Gasteiger partial charge in [-0.2, -0.15) is 5.10 Å². The Kier molecular flexibility index (Phi) is 5.08. The predicted octanol–water partition coefficient (Wildman–Crippen LogP) is 2.64. The van der Waals surface area contributed by atoms with Gasteiger partial charge in [-0.1, -0.05) is 12.1 Å². The molecule has 0 unspecified atom stereocenters. The Morgan fingerprint density at radius 3 is 2.91 bits per heavy atom. The molecule has 0 aliphatic carbocycles. The average molecular weight is 317 g/mol. The van der Waals surface area contributed by atoms with Crippen molar-refractivity contribution in [1.82, 2.24) is 14.7 Å². The van der Waals surface area contributed by atoms with Crippen LogP contribution in [0.15, 0.2) is 36.7 Å². The molecular weight excluding hydrogens is 293 g/mol. The third-order valence-corrected chi connectivity index (χ3v) is 4.60. The van der Waals surface area contributed by atoms with E-state index >= 15 is 0 Å². The predicted molar refractivity (Wildman–Crippen MR) is 87.5 cm³/mol. The summed E-state index contributed by atoms with van der Waals surface area (Å²) < 4.78 is 20.9. The molecule has 3 rings (SSSR count). The Morgan fingerprint density at radius 2 is 2.22 bits per heavy atom. The Labute approximate surface area is 136 Å². The van der Waals surface area contributed by atoms with Gasteiger partial charge in [0.05, 0.1) is 12.3 Å². The Bertz CT molecular complexity index is 643. The molecule has 1 aliphatic rings. The minimum absolute atomic E-state index is 0.167. The molecule has 0 saturated carbocycles. The van der Waals surface area contributed by atoms with E-state index in [9.17, 15) is 4.39 Å². The van der Waals surface area contributed by atoms with Gasteiger partial charge < -0.3 is 4.74 Å². The maximum atomic E-state index is 13.4. The van der Waals surface area contributed by atoms with Crippen LogP contribution in [-0.4, -0.2) is 41.0 Å². The SMILES string of the molecule is CO[C@@H]1CCN(Cc2cnn(C)c2)C[C@H]1Cc1cccc(F)c1. The molecule has 124 valence electrons. The molecule has 2 aromatic rings. The first kappa shape index (κ1) is 16.1. The van der Waals surface area contributed by atoms with Crippen molar-refractivity contribution in [2.24, 2.45) is 13.0 Å². The van der Waals surface area contributed by atoms with Crippen molar-refractivity contribution in [2.45, 2.75) is 25.5 Å². The minimum Gasteiger partial charge on any atom is -0.381 e. The summed E-state index contributed by atoms with van der Waals surface area (Å²) in [6.45, 7) is 2.89. The molecule has 0 N–H and O–H groups in total. The van der Waals surface area contributed by atoms with E-state index in [2.05, 4.69) is 16.2 Å². The molecule has 2 heterocycles. The number of aromatic nitrogens is 2. The number of nitrogens with zero attached hydrogens (tertiary/aromatic N) is 3. The van der Waals surface area contributed by atoms with Gasteiger partial charge in [0.25, 0.3) is 0 Å². The lowest BCUT2D eigenvalue weighted by Crippen LogP contribution is -2.44. The number of rotatable bonds is 5. The van der Waals surface area contributed by atoms with Crippen molar-refractivity contribution < 1.29 is 9.13 Å². The summed E-state index contributed by atoms with van der Waals surface area (Å²) in [5.41, 5.74) is 2.27. The first-order valence-corrected chi connectivity index (χ1v) is 8.11. The van der Waals surface area contributed by atoms with E-state index in [1.54, 1.807) is 19.2 Å². The number of methoxy groups -OCH3 is 1. The second-order valence-corrected chi connectivity index (χ2v) is 6.41. The summed E-state index contributed by atoms with van der Waals surface area (Å²) in [5.74, 6) is 0.215. The molecule has 5 heteroatoms. The number of piperidine rings is 1. The molecule has 1 aliphatic heterocycles. The molecule has 1 fully saturated rings. The van der Waals surface area contributed by atoms with Gasteiger partial charge in [0, 0.05) is 51.5 Å². The van der Waals surface area contributed by atoms with Crippen molar-refractivity contribution in [1.29, 1.82) is 0 Å². The van der Waals surface area contributed by atoms with Gasteiger partial charge >= 0.3 is 0 Å². The van der Waals surface area contributed by atoms with Crippen LogP contribution in [0, 0.1) is 11.7 Å². The van der Waals surface area contributed by atoms with Gasteiger partial charge in [0.1, 0.15) is 5.82 Å². The van der Waals surface area contributed by atoms with Crippen LogP contribution in [0.1, 0.15) is 17.5 Å². The molecule has 0 amide bonds. The Hall–Kier alpha value is -1.72. The average Bonchev–Trinajstić information content (AvgIpc) is 2.93. The van der Waals surface area contributed by atoms with E-state index in [4.69, 9.17) is 4.74 Å². The normalized spacial score (nSPS) is 22.4. The molecule has 0 bridgehead atoms. The van der Waals surface area contributed by atoms with Gasteiger partial charge in [0.2, 0.25) is 0 Å². The van der Waals surface area contributed by atoms with Crippen molar-refractivity contribution in [3.8, 4) is 0 Å². The van der Waals surface area contributed by atoms with Crippen LogP contribution in [0.2, 0.25) is 0 Å². The molecular formula is C18H24FN3O. The van der Waals surface area contributed by atoms with E-state index in [0.29, 0.717) is 5.92 Å². The van der Waals surface area contributed by atoms with Crippen LogP contribution in [0.3, 0.4) is 0 Å². The number of benzene rings is 1. The molecule has 23 heavy (non-hydrogen) atoms. The highest BCUT2D eigenvalue weighted by Crippen LogP contribution is 2.25. The van der Waals surface area contributed by atoms with Crippen LogP contribution in [0.5, 0.6) is 0 Å². The third kappa shape index (κ3) is 4.18. The Balaban J connectivity index is 1.66. The van der Waals surface area contributed by atoms with Crippen molar-refractivity contribution in [3.63, 3.8) is 0 Å². The van der Waals surface area contributed by atoms with Gasteiger partial charge in [-0.25, -0.2) is 4.39 Å². The number of hydrogen-bond donors (Lipinski definition) is 0. The fraction of sp³-hybridized carbons (Fsp3) is 0.500. The summed E-state index contributed by atoms with van der Waals surface area (Å²) in [7, 11) is 3.72. The van der Waals surface area contributed by atoms with E-state index in [-0.39, 0.29) is 11.9 Å². The van der Waals surface area contributed by atoms with Crippen molar-refractivity contribution >= 4 is 0 Å². The van der Waals surface area contributed by atoms with E-state index in [1.807, 2.05) is 24.0 Å².